The molecule has 0 aliphatic heterocycles. The standard InChI is InChI=1S/C12H12ClNOS/c1-8-9(2)16-12(15)14(8)7-10-5-3-4-6-11(10)13/h3-6H,7H2,1-2H3. The molecule has 0 amide bonds. The van der Waals surface area contributed by atoms with Crippen molar-refractivity contribution in [2.24, 2.45) is 0 Å². The summed E-state index contributed by atoms with van der Waals surface area (Å²) in [4.78, 5) is 12.9. The van der Waals surface area contributed by atoms with E-state index >= 15 is 0 Å². The Balaban J connectivity index is 2.42. The summed E-state index contributed by atoms with van der Waals surface area (Å²) in [6.45, 7) is 4.48. The lowest BCUT2D eigenvalue weighted by Crippen LogP contribution is -2.15. The monoisotopic (exact) mass is 253 g/mol. The Morgan fingerprint density at radius 1 is 1.31 bits per heavy atom. The van der Waals surface area contributed by atoms with Crippen LogP contribution < -0.4 is 4.87 Å². The summed E-state index contributed by atoms with van der Waals surface area (Å²) in [5.74, 6) is 0. The van der Waals surface area contributed by atoms with Gasteiger partial charge in [0.05, 0.1) is 6.54 Å². The van der Waals surface area contributed by atoms with Crippen LogP contribution in [0.15, 0.2) is 29.1 Å². The summed E-state index contributed by atoms with van der Waals surface area (Å²) in [6, 6.07) is 7.61. The first-order valence-electron chi connectivity index (χ1n) is 5.00. The second-order valence-electron chi connectivity index (χ2n) is 3.69. The SMILES string of the molecule is Cc1sc(=O)n(Cc2ccccc2Cl)c1C. The highest BCUT2D eigenvalue weighted by atomic mass is 35.5. The van der Waals surface area contributed by atoms with Crippen molar-refractivity contribution in [3.05, 3.63) is 55.1 Å². The maximum absolute atomic E-state index is 11.7. The van der Waals surface area contributed by atoms with Gasteiger partial charge >= 0.3 is 4.87 Å². The number of hydrogen-bond acceptors (Lipinski definition) is 2. The smallest absolute Gasteiger partial charge is 0.299 e. The van der Waals surface area contributed by atoms with Crippen molar-refractivity contribution in [1.29, 1.82) is 0 Å². The third-order valence-corrected chi connectivity index (χ3v) is 4.03. The fraction of sp³-hybridized carbons (Fsp3) is 0.250. The molecular weight excluding hydrogens is 242 g/mol. The Morgan fingerprint density at radius 2 is 2.00 bits per heavy atom. The molecule has 0 radical (unpaired) electrons. The normalized spacial score (nSPS) is 10.7. The van der Waals surface area contributed by atoms with Crippen LogP contribution in [0.2, 0.25) is 5.02 Å². The summed E-state index contributed by atoms with van der Waals surface area (Å²) >= 11 is 7.36. The molecule has 2 rings (SSSR count). The van der Waals surface area contributed by atoms with Crippen LogP contribution in [-0.4, -0.2) is 4.57 Å². The molecule has 4 heteroatoms. The van der Waals surface area contributed by atoms with E-state index in [0.29, 0.717) is 11.6 Å². The second kappa shape index (κ2) is 4.44. The minimum atomic E-state index is 0.0786. The van der Waals surface area contributed by atoms with E-state index in [0.717, 1.165) is 16.1 Å². The zero-order valence-corrected chi connectivity index (χ0v) is 10.7. The van der Waals surface area contributed by atoms with Crippen LogP contribution in [0.25, 0.3) is 0 Å². The minimum absolute atomic E-state index is 0.0786. The van der Waals surface area contributed by atoms with Crippen LogP contribution in [0, 0.1) is 13.8 Å². The fourth-order valence-corrected chi connectivity index (χ4v) is 2.59. The predicted molar refractivity (Wildman–Crippen MR) is 68.6 cm³/mol. The first-order valence-corrected chi connectivity index (χ1v) is 6.19. The maximum Gasteiger partial charge on any atom is 0.307 e. The number of rotatable bonds is 2. The topological polar surface area (TPSA) is 22.0 Å². The van der Waals surface area contributed by atoms with Gasteiger partial charge in [-0.15, -0.1) is 0 Å². The molecule has 0 N–H and O–H groups in total. The maximum atomic E-state index is 11.7. The third kappa shape index (κ3) is 2.06. The van der Waals surface area contributed by atoms with Gasteiger partial charge in [0.25, 0.3) is 0 Å². The van der Waals surface area contributed by atoms with Crippen LogP contribution in [0.1, 0.15) is 16.1 Å². The lowest BCUT2D eigenvalue weighted by Gasteiger charge is -2.06. The molecule has 1 aromatic carbocycles. The summed E-state index contributed by atoms with van der Waals surface area (Å²) in [5, 5.41) is 0.706. The molecule has 0 saturated heterocycles. The average molecular weight is 254 g/mol. The molecule has 2 nitrogen and oxygen atoms in total. The lowest BCUT2D eigenvalue weighted by atomic mass is 10.2. The van der Waals surface area contributed by atoms with Crippen molar-refractivity contribution < 1.29 is 0 Å². The van der Waals surface area contributed by atoms with Crippen molar-refractivity contribution in [2.75, 3.05) is 0 Å². The molecule has 0 aliphatic carbocycles. The van der Waals surface area contributed by atoms with Crippen LogP contribution in [0.4, 0.5) is 0 Å². The summed E-state index contributed by atoms with van der Waals surface area (Å²) < 4.78 is 1.77. The molecule has 1 heterocycles. The number of aryl methyl sites for hydroxylation is 1. The summed E-state index contributed by atoms with van der Waals surface area (Å²) in [5.41, 5.74) is 2.00. The molecule has 0 spiro atoms. The van der Waals surface area contributed by atoms with Gasteiger partial charge in [-0.05, 0) is 25.5 Å². The molecule has 0 saturated carbocycles. The second-order valence-corrected chi connectivity index (χ2v) is 5.26. The molecule has 16 heavy (non-hydrogen) atoms. The Kier molecular flexibility index (Phi) is 3.17. The van der Waals surface area contributed by atoms with Gasteiger partial charge < -0.3 is 0 Å². The first-order chi connectivity index (χ1) is 7.59. The zero-order valence-electron chi connectivity index (χ0n) is 9.16. The van der Waals surface area contributed by atoms with E-state index in [4.69, 9.17) is 11.6 Å². The van der Waals surface area contributed by atoms with Gasteiger partial charge in [0.2, 0.25) is 0 Å². The van der Waals surface area contributed by atoms with Crippen LogP contribution in [0.5, 0.6) is 0 Å². The van der Waals surface area contributed by atoms with Gasteiger partial charge in [0.15, 0.2) is 0 Å². The predicted octanol–water partition coefficient (Wildman–Crippen LogP) is 3.23. The molecule has 0 aliphatic rings. The van der Waals surface area contributed by atoms with E-state index < -0.39 is 0 Å². The summed E-state index contributed by atoms with van der Waals surface area (Å²) in [7, 11) is 0. The van der Waals surface area contributed by atoms with Gasteiger partial charge in [-0.1, -0.05) is 41.1 Å². The van der Waals surface area contributed by atoms with Gasteiger partial charge in [0, 0.05) is 15.6 Å². The lowest BCUT2D eigenvalue weighted by molar-refractivity contribution is 0.752. The zero-order chi connectivity index (χ0) is 11.7. The summed E-state index contributed by atoms with van der Waals surface area (Å²) in [6.07, 6.45) is 0. The van der Waals surface area contributed by atoms with Crippen LogP contribution >= 0.6 is 22.9 Å². The average Bonchev–Trinajstić information content (AvgIpc) is 2.48. The number of thiazole rings is 1. The quantitative estimate of drug-likeness (QED) is 0.806. The molecule has 0 bridgehead atoms. The molecule has 0 fully saturated rings. The van der Waals surface area contributed by atoms with E-state index in [1.165, 1.54) is 11.3 Å². The fourth-order valence-electron chi connectivity index (χ4n) is 1.57. The van der Waals surface area contributed by atoms with Crippen molar-refractivity contribution in [1.82, 2.24) is 4.57 Å². The van der Waals surface area contributed by atoms with E-state index in [2.05, 4.69) is 0 Å². The Bertz CT molecular complexity index is 571. The third-order valence-electron chi connectivity index (χ3n) is 2.66. The van der Waals surface area contributed by atoms with Crippen LogP contribution in [0.3, 0.4) is 0 Å². The highest BCUT2D eigenvalue weighted by Crippen LogP contribution is 2.18. The molecular formula is C12H12ClNOS. The van der Waals surface area contributed by atoms with Gasteiger partial charge in [-0.25, -0.2) is 0 Å². The van der Waals surface area contributed by atoms with E-state index in [1.807, 2.05) is 38.1 Å². The van der Waals surface area contributed by atoms with Crippen molar-refractivity contribution in [2.45, 2.75) is 20.4 Å². The highest BCUT2D eigenvalue weighted by Gasteiger charge is 2.09. The van der Waals surface area contributed by atoms with Crippen molar-refractivity contribution in [3.63, 3.8) is 0 Å². The van der Waals surface area contributed by atoms with Crippen molar-refractivity contribution in [3.8, 4) is 0 Å². The molecule has 0 atom stereocenters. The van der Waals surface area contributed by atoms with Gasteiger partial charge in [-0.3, -0.25) is 9.36 Å². The molecule has 84 valence electrons. The van der Waals surface area contributed by atoms with Gasteiger partial charge in [-0.2, -0.15) is 0 Å². The minimum Gasteiger partial charge on any atom is -0.299 e. The number of benzene rings is 1. The molecule has 1 aromatic heterocycles. The van der Waals surface area contributed by atoms with Crippen LogP contribution in [-0.2, 0) is 6.54 Å². The molecule has 0 unspecified atom stereocenters. The number of nitrogens with zero attached hydrogens (tertiary/aromatic N) is 1. The number of hydrogen-bond donors (Lipinski definition) is 0. The van der Waals surface area contributed by atoms with Crippen molar-refractivity contribution >= 4 is 22.9 Å². The largest absolute Gasteiger partial charge is 0.307 e. The van der Waals surface area contributed by atoms with E-state index in [9.17, 15) is 4.79 Å². The number of aromatic nitrogens is 1. The first kappa shape index (κ1) is 11.4. The highest BCUT2D eigenvalue weighted by molar-refractivity contribution is 7.09. The Labute approximate surface area is 103 Å². The number of halogens is 1. The Hall–Kier alpha value is -1.06. The van der Waals surface area contributed by atoms with E-state index in [1.54, 1.807) is 4.57 Å². The molecule has 2 aromatic rings. The Morgan fingerprint density at radius 3 is 2.56 bits per heavy atom. The van der Waals surface area contributed by atoms with Gasteiger partial charge in [0.1, 0.15) is 0 Å². The van der Waals surface area contributed by atoms with E-state index in [-0.39, 0.29) is 4.87 Å².